The Morgan fingerprint density at radius 2 is 2.06 bits per heavy atom. The molecular weight excluding hydrogens is 226 g/mol. The van der Waals surface area contributed by atoms with E-state index in [0.717, 1.165) is 13.1 Å². The first-order chi connectivity index (χ1) is 8.79. The number of ether oxygens (including phenoxy) is 1. The van der Waals surface area contributed by atoms with Gasteiger partial charge in [-0.25, -0.2) is 0 Å². The normalized spacial score (nSPS) is 10.8. The molecule has 0 amide bonds. The lowest BCUT2D eigenvalue weighted by Gasteiger charge is -2.07. The molecule has 0 unspecified atom stereocenters. The summed E-state index contributed by atoms with van der Waals surface area (Å²) in [6, 6.07) is 10.5. The van der Waals surface area contributed by atoms with Crippen molar-refractivity contribution >= 4 is 0 Å². The minimum atomic E-state index is 0.662. The van der Waals surface area contributed by atoms with Gasteiger partial charge in [-0.15, -0.1) is 0 Å². The SMILES string of the molecule is COCc1cccc(CNCc2ccnn2C)c1. The molecule has 0 aliphatic heterocycles. The summed E-state index contributed by atoms with van der Waals surface area (Å²) in [6.45, 7) is 2.34. The van der Waals surface area contributed by atoms with Crippen molar-refractivity contribution in [2.75, 3.05) is 7.11 Å². The first-order valence-corrected chi connectivity index (χ1v) is 6.04. The fourth-order valence-electron chi connectivity index (χ4n) is 1.91. The van der Waals surface area contributed by atoms with Crippen molar-refractivity contribution in [1.82, 2.24) is 15.1 Å². The van der Waals surface area contributed by atoms with Crippen LogP contribution in [-0.4, -0.2) is 16.9 Å². The standard InChI is InChI=1S/C14H19N3O/c1-17-14(6-7-16-17)10-15-9-12-4-3-5-13(8-12)11-18-2/h3-8,15H,9-11H2,1-2H3. The molecule has 0 saturated carbocycles. The van der Waals surface area contributed by atoms with Crippen LogP contribution in [0.3, 0.4) is 0 Å². The second-order valence-corrected chi connectivity index (χ2v) is 4.30. The van der Waals surface area contributed by atoms with E-state index in [2.05, 4.69) is 34.7 Å². The predicted molar refractivity (Wildman–Crippen MR) is 70.9 cm³/mol. The topological polar surface area (TPSA) is 39.1 Å². The van der Waals surface area contributed by atoms with Crippen LogP contribution < -0.4 is 5.32 Å². The Morgan fingerprint density at radius 3 is 2.78 bits per heavy atom. The lowest BCUT2D eigenvalue weighted by molar-refractivity contribution is 0.185. The van der Waals surface area contributed by atoms with Gasteiger partial charge in [-0.2, -0.15) is 5.10 Å². The molecular formula is C14H19N3O. The van der Waals surface area contributed by atoms with Gasteiger partial charge in [0.05, 0.1) is 12.3 Å². The molecule has 0 fully saturated rings. The highest BCUT2D eigenvalue weighted by Gasteiger charge is 1.99. The summed E-state index contributed by atoms with van der Waals surface area (Å²) in [6.07, 6.45) is 1.82. The third kappa shape index (κ3) is 3.42. The number of rotatable bonds is 6. The van der Waals surface area contributed by atoms with Crippen molar-refractivity contribution in [3.63, 3.8) is 0 Å². The molecule has 1 heterocycles. The van der Waals surface area contributed by atoms with Gasteiger partial charge in [0, 0.05) is 33.4 Å². The highest BCUT2D eigenvalue weighted by Crippen LogP contribution is 2.06. The molecule has 4 nitrogen and oxygen atoms in total. The van der Waals surface area contributed by atoms with Gasteiger partial charge in [-0.05, 0) is 17.2 Å². The summed E-state index contributed by atoms with van der Waals surface area (Å²) in [5, 5.41) is 7.55. The largest absolute Gasteiger partial charge is 0.380 e. The van der Waals surface area contributed by atoms with Crippen molar-refractivity contribution < 1.29 is 4.74 Å². The van der Waals surface area contributed by atoms with Crippen molar-refractivity contribution in [3.05, 3.63) is 53.3 Å². The van der Waals surface area contributed by atoms with E-state index in [-0.39, 0.29) is 0 Å². The lowest BCUT2D eigenvalue weighted by Crippen LogP contribution is -2.15. The van der Waals surface area contributed by atoms with Gasteiger partial charge in [0.2, 0.25) is 0 Å². The van der Waals surface area contributed by atoms with Gasteiger partial charge in [0.15, 0.2) is 0 Å². The number of methoxy groups -OCH3 is 1. The lowest BCUT2D eigenvalue weighted by atomic mass is 10.1. The van der Waals surface area contributed by atoms with Gasteiger partial charge in [0.25, 0.3) is 0 Å². The zero-order chi connectivity index (χ0) is 12.8. The Morgan fingerprint density at radius 1 is 1.22 bits per heavy atom. The van der Waals surface area contributed by atoms with Gasteiger partial charge in [-0.1, -0.05) is 24.3 Å². The van der Waals surface area contributed by atoms with E-state index in [1.54, 1.807) is 7.11 Å². The fourth-order valence-corrected chi connectivity index (χ4v) is 1.91. The summed E-state index contributed by atoms with van der Waals surface area (Å²) in [4.78, 5) is 0. The van der Waals surface area contributed by atoms with E-state index in [4.69, 9.17) is 4.74 Å². The van der Waals surface area contributed by atoms with E-state index in [0.29, 0.717) is 6.61 Å². The van der Waals surface area contributed by atoms with Crippen LogP contribution in [0.1, 0.15) is 16.8 Å². The number of hydrogen-bond donors (Lipinski definition) is 1. The average molecular weight is 245 g/mol. The van der Waals surface area contributed by atoms with Crippen molar-refractivity contribution in [2.45, 2.75) is 19.7 Å². The Bertz CT molecular complexity index is 493. The predicted octanol–water partition coefficient (Wildman–Crippen LogP) is 1.86. The van der Waals surface area contributed by atoms with E-state index < -0.39 is 0 Å². The summed E-state index contributed by atoms with van der Waals surface area (Å²) >= 11 is 0. The monoisotopic (exact) mass is 245 g/mol. The zero-order valence-electron chi connectivity index (χ0n) is 10.9. The molecule has 18 heavy (non-hydrogen) atoms. The van der Waals surface area contributed by atoms with Crippen LogP contribution in [0.25, 0.3) is 0 Å². The van der Waals surface area contributed by atoms with Crippen LogP contribution in [0.5, 0.6) is 0 Å². The first-order valence-electron chi connectivity index (χ1n) is 6.04. The smallest absolute Gasteiger partial charge is 0.0713 e. The van der Waals surface area contributed by atoms with Crippen LogP contribution in [0.4, 0.5) is 0 Å². The number of aryl methyl sites for hydroxylation is 1. The number of nitrogens with one attached hydrogen (secondary N) is 1. The average Bonchev–Trinajstić information content (AvgIpc) is 2.76. The minimum Gasteiger partial charge on any atom is -0.380 e. The van der Waals surface area contributed by atoms with Gasteiger partial charge in [0.1, 0.15) is 0 Å². The highest BCUT2D eigenvalue weighted by atomic mass is 16.5. The molecule has 0 bridgehead atoms. The quantitative estimate of drug-likeness (QED) is 0.844. The zero-order valence-corrected chi connectivity index (χ0v) is 10.9. The van der Waals surface area contributed by atoms with E-state index in [9.17, 15) is 0 Å². The first kappa shape index (κ1) is 12.8. The highest BCUT2D eigenvalue weighted by molar-refractivity contribution is 5.22. The maximum atomic E-state index is 5.13. The molecule has 1 aromatic heterocycles. The van der Waals surface area contributed by atoms with Crippen LogP contribution >= 0.6 is 0 Å². The Kier molecular flexibility index (Phi) is 4.50. The second-order valence-electron chi connectivity index (χ2n) is 4.30. The van der Waals surface area contributed by atoms with Crippen LogP contribution in [0.2, 0.25) is 0 Å². The Labute approximate surface area is 108 Å². The van der Waals surface area contributed by atoms with Crippen molar-refractivity contribution in [1.29, 1.82) is 0 Å². The number of hydrogen-bond acceptors (Lipinski definition) is 3. The van der Waals surface area contributed by atoms with E-state index in [1.807, 2.05) is 24.0 Å². The van der Waals surface area contributed by atoms with E-state index >= 15 is 0 Å². The number of nitrogens with zero attached hydrogens (tertiary/aromatic N) is 2. The molecule has 2 aromatic rings. The molecule has 0 atom stereocenters. The summed E-state index contributed by atoms with van der Waals surface area (Å²) in [5.74, 6) is 0. The molecule has 1 aromatic carbocycles. The molecule has 96 valence electrons. The maximum absolute atomic E-state index is 5.13. The van der Waals surface area contributed by atoms with Gasteiger partial charge < -0.3 is 10.1 Å². The summed E-state index contributed by atoms with van der Waals surface area (Å²) < 4.78 is 7.01. The number of benzene rings is 1. The molecule has 2 rings (SSSR count). The van der Waals surface area contributed by atoms with Crippen molar-refractivity contribution in [3.8, 4) is 0 Å². The van der Waals surface area contributed by atoms with Gasteiger partial charge >= 0.3 is 0 Å². The number of aromatic nitrogens is 2. The molecule has 1 N–H and O–H groups in total. The molecule has 0 aliphatic carbocycles. The molecule has 0 radical (unpaired) electrons. The molecule has 4 heteroatoms. The third-order valence-corrected chi connectivity index (χ3v) is 2.86. The summed E-state index contributed by atoms with van der Waals surface area (Å²) in [7, 11) is 3.67. The maximum Gasteiger partial charge on any atom is 0.0713 e. The van der Waals surface area contributed by atoms with Crippen LogP contribution in [-0.2, 0) is 31.5 Å². The second kappa shape index (κ2) is 6.33. The molecule has 0 aliphatic rings. The molecule has 0 saturated heterocycles. The fraction of sp³-hybridized carbons (Fsp3) is 0.357. The molecule has 0 spiro atoms. The van der Waals surface area contributed by atoms with Gasteiger partial charge in [-0.3, -0.25) is 4.68 Å². The third-order valence-electron chi connectivity index (χ3n) is 2.86. The van der Waals surface area contributed by atoms with E-state index in [1.165, 1.54) is 16.8 Å². The Balaban J connectivity index is 1.86. The minimum absolute atomic E-state index is 0.662. The Hall–Kier alpha value is -1.65. The van der Waals surface area contributed by atoms with Crippen LogP contribution in [0.15, 0.2) is 36.5 Å². The summed E-state index contributed by atoms with van der Waals surface area (Å²) in [5.41, 5.74) is 3.66. The van der Waals surface area contributed by atoms with Crippen molar-refractivity contribution in [2.24, 2.45) is 7.05 Å². The van der Waals surface area contributed by atoms with Crippen LogP contribution in [0, 0.1) is 0 Å².